The van der Waals surface area contributed by atoms with Gasteiger partial charge in [-0.3, -0.25) is 9.05 Å². The van der Waals surface area contributed by atoms with Gasteiger partial charge in [-0.2, -0.15) is 0 Å². The van der Waals surface area contributed by atoms with Crippen molar-refractivity contribution in [2.45, 2.75) is 79.1 Å². The van der Waals surface area contributed by atoms with E-state index in [0.29, 0.717) is 25.0 Å². The third-order valence-electron chi connectivity index (χ3n) is 4.03. The van der Waals surface area contributed by atoms with Crippen LogP contribution in [0.5, 0.6) is 0 Å². The molecule has 2 atom stereocenters. The molecule has 7 heteroatoms. The van der Waals surface area contributed by atoms with Gasteiger partial charge in [0.1, 0.15) is 0 Å². The Morgan fingerprint density at radius 3 is 1.48 bits per heavy atom. The van der Waals surface area contributed by atoms with Gasteiger partial charge in [0, 0.05) is 0 Å². The van der Waals surface area contributed by atoms with Crippen LogP contribution >= 0.6 is 7.82 Å². The van der Waals surface area contributed by atoms with Gasteiger partial charge >= 0.3 is 56.2 Å². The molecule has 0 saturated heterocycles. The second kappa shape index (κ2) is 18.5. The minimum atomic E-state index is -3.89. The summed E-state index contributed by atoms with van der Waals surface area (Å²) in [5.74, 6) is 0.687. The van der Waals surface area contributed by atoms with Gasteiger partial charge in [-0.05, 0) is 24.7 Å². The molecule has 0 aliphatic carbocycles. The average Bonchev–Trinajstić information content (AvgIpc) is 2.47. The van der Waals surface area contributed by atoms with Crippen molar-refractivity contribution in [3.8, 4) is 0 Å². The van der Waals surface area contributed by atoms with Crippen LogP contribution in [0.15, 0.2) is 0 Å². The summed E-state index contributed by atoms with van der Waals surface area (Å²) in [6.45, 7) is 9.10. The van der Waals surface area contributed by atoms with E-state index in [0.717, 1.165) is 51.4 Å². The van der Waals surface area contributed by atoms with Crippen molar-refractivity contribution in [2.24, 2.45) is 11.8 Å². The summed E-state index contributed by atoms with van der Waals surface area (Å²) in [6, 6.07) is 0. The Bertz CT molecular complexity index is 271. The van der Waals surface area contributed by atoms with Crippen molar-refractivity contribution >= 4 is 56.2 Å². The summed E-state index contributed by atoms with van der Waals surface area (Å²) in [4.78, 5) is 9.77. The second-order valence-corrected chi connectivity index (χ2v) is 7.35. The molecule has 0 aliphatic heterocycles. The van der Waals surface area contributed by atoms with E-state index >= 15 is 0 Å². The van der Waals surface area contributed by atoms with Crippen LogP contribution < -0.4 is 0 Å². The Morgan fingerprint density at radius 1 is 0.870 bits per heavy atom. The standard InChI is InChI=1S/C16H35O4P.Li.Na.2H/c1-5-9-11-15(7-3)13-19-21(17,18)20-14-16(8-4)12-10-6-2;;;;/h15-16H,5-14H2,1-4H3,(H,17,18);;;;. The summed E-state index contributed by atoms with van der Waals surface area (Å²) >= 11 is 0. The fraction of sp³-hybridized carbons (Fsp3) is 1.00. The van der Waals surface area contributed by atoms with Gasteiger partial charge in [-0.25, -0.2) is 4.57 Å². The Morgan fingerprint density at radius 2 is 1.22 bits per heavy atom. The molecular formula is C16H37LiNaO4P. The van der Waals surface area contributed by atoms with Gasteiger partial charge in [-0.1, -0.05) is 66.2 Å². The van der Waals surface area contributed by atoms with Crippen LogP contribution in [0.1, 0.15) is 79.1 Å². The number of phosphoric acid groups is 1. The molecule has 132 valence electrons. The van der Waals surface area contributed by atoms with Crippen LogP contribution in [-0.2, 0) is 13.6 Å². The third kappa shape index (κ3) is 16.9. The van der Waals surface area contributed by atoms with E-state index in [9.17, 15) is 9.46 Å². The molecule has 0 spiro atoms. The molecule has 23 heavy (non-hydrogen) atoms. The van der Waals surface area contributed by atoms with E-state index in [1.165, 1.54) is 0 Å². The fourth-order valence-corrected chi connectivity index (χ4v) is 3.11. The molecule has 4 nitrogen and oxygen atoms in total. The van der Waals surface area contributed by atoms with Crippen LogP contribution in [-0.4, -0.2) is 66.5 Å². The number of rotatable bonds is 14. The maximum atomic E-state index is 11.9. The molecule has 0 heterocycles. The summed E-state index contributed by atoms with van der Waals surface area (Å²) in [5.41, 5.74) is 0. The molecule has 1 N–H and O–H groups in total. The van der Waals surface area contributed by atoms with Gasteiger partial charge in [-0.15, -0.1) is 0 Å². The van der Waals surface area contributed by atoms with Crippen molar-refractivity contribution in [2.75, 3.05) is 13.2 Å². The summed E-state index contributed by atoms with van der Waals surface area (Å²) in [7, 11) is -3.89. The molecule has 0 radical (unpaired) electrons. The zero-order chi connectivity index (χ0) is 16.1. The summed E-state index contributed by atoms with van der Waals surface area (Å²) in [6.07, 6.45) is 8.56. The molecule has 0 aromatic rings. The second-order valence-electron chi connectivity index (χ2n) is 5.89. The Balaban J connectivity index is -0.00000200. The van der Waals surface area contributed by atoms with Crippen molar-refractivity contribution in [3.05, 3.63) is 0 Å². The van der Waals surface area contributed by atoms with Gasteiger partial charge in [0.25, 0.3) is 0 Å². The van der Waals surface area contributed by atoms with E-state index in [1.54, 1.807) is 0 Å². The molecule has 0 rings (SSSR count). The average molecular weight is 354 g/mol. The topological polar surface area (TPSA) is 55.8 Å². The Kier molecular flexibility index (Phi) is 23.7. The molecule has 0 aromatic heterocycles. The van der Waals surface area contributed by atoms with Gasteiger partial charge in [0.05, 0.1) is 13.2 Å². The number of unbranched alkanes of at least 4 members (excludes halogenated alkanes) is 2. The van der Waals surface area contributed by atoms with Gasteiger partial charge in [0.2, 0.25) is 0 Å². The van der Waals surface area contributed by atoms with Crippen molar-refractivity contribution in [3.63, 3.8) is 0 Å². The van der Waals surface area contributed by atoms with Crippen LogP contribution in [0.25, 0.3) is 0 Å². The maximum absolute atomic E-state index is 11.9. The van der Waals surface area contributed by atoms with Gasteiger partial charge in [0.15, 0.2) is 0 Å². The van der Waals surface area contributed by atoms with Crippen LogP contribution in [0.3, 0.4) is 0 Å². The molecule has 0 aromatic carbocycles. The SMILES string of the molecule is CCCCC(CC)COP(=O)(O)OCC(CC)CCCC.[LiH].[NaH]. The number of phosphoric ester groups is 1. The van der Waals surface area contributed by atoms with E-state index in [1.807, 2.05) is 0 Å². The van der Waals surface area contributed by atoms with Crippen LogP contribution in [0, 0.1) is 11.8 Å². The van der Waals surface area contributed by atoms with E-state index in [-0.39, 0.29) is 48.4 Å². The normalized spacial score (nSPS) is 15.9. The number of hydrogen-bond acceptors (Lipinski definition) is 3. The molecule has 0 aliphatic rings. The van der Waals surface area contributed by atoms with Crippen molar-refractivity contribution in [1.29, 1.82) is 0 Å². The molecular weight excluding hydrogens is 317 g/mol. The predicted octanol–water partition coefficient (Wildman–Crippen LogP) is 4.26. The van der Waals surface area contributed by atoms with E-state index < -0.39 is 7.82 Å². The van der Waals surface area contributed by atoms with Crippen molar-refractivity contribution < 1.29 is 18.5 Å². The minimum absolute atomic E-state index is 0. The molecule has 0 saturated carbocycles. The zero-order valence-corrected chi connectivity index (χ0v) is 15.2. The van der Waals surface area contributed by atoms with Gasteiger partial charge < -0.3 is 4.89 Å². The first-order valence-corrected chi connectivity index (χ1v) is 10.1. The molecule has 2 unspecified atom stereocenters. The Labute approximate surface area is 177 Å². The first-order chi connectivity index (χ1) is 9.99. The van der Waals surface area contributed by atoms with E-state index in [4.69, 9.17) is 9.05 Å². The fourth-order valence-electron chi connectivity index (χ4n) is 2.23. The monoisotopic (exact) mass is 354 g/mol. The van der Waals surface area contributed by atoms with Crippen molar-refractivity contribution in [1.82, 2.24) is 0 Å². The first-order valence-electron chi connectivity index (χ1n) is 8.60. The summed E-state index contributed by atoms with van der Waals surface area (Å²) in [5, 5.41) is 0. The first kappa shape index (κ1) is 29.5. The predicted molar refractivity (Wildman–Crippen MR) is 103 cm³/mol. The number of hydrogen-bond donors (Lipinski definition) is 1. The quantitative estimate of drug-likeness (QED) is 0.374. The van der Waals surface area contributed by atoms with Crippen LogP contribution in [0.2, 0.25) is 0 Å². The van der Waals surface area contributed by atoms with Crippen LogP contribution in [0.4, 0.5) is 0 Å². The molecule has 0 fully saturated rings. The molecule has 0 bridgehead atoms. The summed E-state index contributed by atoms with van der Waals surface area (Å²) < 4.78 is 22.2. The van der Waals surface area contributed by atoms with E-state index in [2.05, 4.69) is 27.7 Å². The molecule has 0 amide bonds. The zero-order valence-electron chi connectivity index (χ0n) is 14.3. The Hall–Kier alpha value is 1.71. The third-order valence-corrected chi connectivity index (χ3v) is 4.98.